The summed E-state index contributed by atoms with van der Waals surface area (Å²) in [6.45, 7) is 11.0. The van der Waals surface area contributed by atoms with Gasteiger partial charge in [-0.25, -0.2) is 0 Å². The van der Waals surface area contributed by atoms with Crippen LogP contribution in [0.15, 0.2) is 42.5 Å². The average molecular weight is 323 g/mol. The molecule has 0 aliphatic heterocycles. The van der Waals surface area contributed by atoms with E-state index in [1.54, 1.807) is 22.3 Å². The zero-order valence-electron chi connectivity index (χ0n) is 15.9. The molecule has 2 unspecified atom stereocenters. The van der Waals surface area contributed by atoms with Crippen molar-refractivity contribution in [3.8, 4) is 0 Å². The van der Waals surface area contributed by atoms with Crippen LogP contribution in [0.5, 0.6) is 0 Å². The van der Waals surface area contributed by atoms with E-state index in [0.29, 0.717) is 11.3 Å². The quantitative estimate of drug-likeness (QED) is 0.536. The highest BCUT2D eigenvalue weighted by Crippen LogP contribution is 2.38. The van der Waals surface area contributed by atoms with Gasteiger partial charge in [-0.05, 0) is 92.2 Å². The van der Waals surface area contributed by atoms with E-state index in [4.69, 9.17) is 0 Å². The van der Waals surface area contributed by atoms with Crippen LogP contribution in [0.3, 0.4) is 0 Å². The molecular formula is C24H34. The molecule has 2 aliphatic rings. The Hall–Kier alpha value is -1.30. The molecule has 1 saturated carbocycles. The Labute approximate surface area is 149 Å². The second-order valence-electron chi connectivity index (χ2n) is 8.61. The van der Waals surface area contributed by atoms with Crippen molar-refractivity contribution in [3.63, 3.8) is 0 Å². The lowest BCUT2D eigenvalue weighted by Crippen LogP contribution is -2.23. The predicted octanol–water partition coefficient (Wildman–Crippen LogP) is 6.78. The number of fused-ring (bicyclic) bond motifs is 1. The minimum absolute atomic E-state index is 0.371. The Kier molecular flexibility index (Phi) is 5.33. The molecular weight excluding hydrogens is 288 g/mol. The van der Waals surface area contributed by atoms with Gasteiger partial charge in [0.1, 0.15) is 0 Å². The molecule has 130 valence electrons. The lowest BCUT2D eigenvalue weighted by Gasteiger charge is -2.33. The smallest absolute Gasteiger partial charge is 0.00234 e. The fourth-order valence-corrected chi connectivity index (χ4v) is 4.95. The number of allylic oxidation sites excluding steroid dienone is 3. The van der Waals surface area contributed by atoms with Crippen molar-refractivity contribution in [2.24, 2.45) is 11.8 Å². The van der Waals surface area contributed by atoms with E-state index in [-0.39, 0.29) is 0 Å². The second-order valence-corrected chi connectivity index (χ2v) is 8.61. The van der Waals surface area contributed by atoms with Gasteiger partial charge < -0.3 is 0 Å². The van der Waals surface area contributed by atoms with Crippen LogP contribution < -0.4 is 0 Å². The molecule has 2 atom stereocenters. The Morgan fingerprint density at radius 3 is 2.83 bits per heavy atom. The number of hydrogen-bond donors (Lipinski definition) is 0. The number of hydrogen-bond acceptors (Lipinski definition) is 0. The Morgan fingerprint density at radius 1 is 1.25 bits per heavy atom. The van der Waals surface area contributed by atoms with Crippen molar-refractivity contribution < 1.29 is 0 Å². The maximum absolute atomic E-state index is 4.06. The summed E-state index contributed by atoms with van der Waals surface area (Å²) < 4.78 is 0. The van der Waals surface area contributed by atoms with Crippen molar-refractivity contribution in [2.45, 2.75) is 77.6 Å². The summed E-state index contributed by atoms with van der Waals surface area (Å²) in [5.74, 6) is 1.49. The van der Waals surface area contributed by atoms with E-state index in [1.807, 2.05) is 0 Å². The molecule has 24 heavy (non-hydrogen) atoms. The fourth-order valence-electron chi connectivity index (χ4n) is 4.95. The van der Waals surface area contributed by atoms with Gasteiger partial charge in [-0.3, -0.25) is 0 Å². The van der Waals surface area contributed by atoms with Gasteiger partial charge in [-0.1, -0.05) is 49.8 Å². The van der Waals surface area contributed by atoms with E-state index < -0.39 is 0 Å². The topological polar surface area (TPSA) is 0 Å². The Morgan fingerprint density at radius 2 is 2.08 bits per heavy atom. The summed E-state index contributed by atoms with van der Waals surface area (Å²) in [7, 11) is 0. The molecule has 1 fully saturated rings. The monoisotopic (exact) mass is 322 g/mol. The van der Waals surface area contributed by atoms with Crippen molar-refractivity contribution in [2.75, 3.05) is 0 Å². The van der Waals surface area contributed by atoms with E-state index in [9.17, 15) is 0 Å². The van der Waals surface area contributed by atoms with E-state index in [1.165, 1.54) is 51.4 Å². The third kappa shape index (κ3) is 3.68. The minimum atomic E-state index is 0.371. The second kappa shape index (κ2) is 7.30. The van der Waals surface area contributed by atoms with Crippen LogP contribution in [0.2, 0.25) is 0 Å². The standard InChI is InChI=1S/C24H34/c1-5-20-13-11-18(16-21(20)6-2)9-10-19-12-14-23-22(17-19)8-7-15-24(23,3)4/h5-6,12,14,17-18,21H,2,7-11,13,15-16H2,1,3-4H3/b20-5-. The molecule has 0 saturated heterocycles. The molecule has 0 amide bonds. The molecule has 0 N–H and O–H groups in total. The zero-order valence-corrected chi connectivity index (χ0v) is 15.9. The van der Waals surface area contributed by atoms with E-state index in [2.05, 4.69) is 57.7 Å². The van der Waals surface area contributed by atoms with Gasteiger partial charge in [0.05, 0.1) is 0 Å². The maximum Gasteiger partial charge on any atom is -0.00234 e. The summed E-state index contributed by atoms with van der Waals surface area (Å²) in [4.78, 5) is 0. The Balaban J connectivity index is 1.63. The summed E-state index contributed by atoms with van der Waals surface area (Å²) in [5, 5.41) is 0. The first kappa shape index (κ1) is 17.5. The van der Waals surface area contributed by atoms with Gasteiger partial charge in [0, 0.05) is 0 Å². The van der Waals surface area contributed by atoms with Gasteiger partial charge in [0.15, 0.2) is 0 Å². The molecule has 1 aromatic carbocycles. The van der Waals surface area contributed by atoms with Crippen LogP contribution in [0.1, 0.15) is 76.0 Å². The number of benzene rings is 1. The van der Waals surface area contributed by atoms with Crippen LogP contribution >= 0.6 is 0 Å². The third-order valence-corrected chi connectivity index (χ3v) is 6.55. The average Bonchev–Trinajstić information content (AvgIpc) is 2.59. The highest BCUT2D eigenvalue weighted by atomic mass is 14.3. The zero-order chi connectivity index (χ0) is 17.2. The highest BCUT2D eigenvalue weighted by Gasteiger charge is 2.27. The van der Waals surface area contributed by atoms with Crippen molar-refractivity contribution >= 4 is 0 Å². The van der Waals surface area contributed by atoms with E-state index in [0.717, 1.165) is 5.92 Å². The maximum atomic E-state index is 4.06. The lowest BCUT2D eigenvalue weighted by molar-refractivity contribution is 0.344. The SMILES string of the molecule is C=CC1CC(CCc2ccc3c(c2)CCCC3(C)C)CC/C1=C/C. The van der Waals surface area contributed by atoms with Crippen LogP contribution in [0, 0.1) is 11.8 Å². The van der Waals surface area contributed by atoms with Gasteiger partial charge in [0.25, 0.3) is 0 Å². The summed E-state index contributed by atoms with van der Waals surface area (Å²) in [5.41, 5.74) is 6.75. The molecule has 2 aliphatic carbocycles. The molecule has 3 rings (SSSR count). The molecule has 1 aromatic rings. The van der Waals surface area contributed by atoms with Crippen LogP contribution in [-0.4, -0.2) is 0 Å². The van der Waals surface area contributed by atoms with Crippen LogP contribution in [0.4, 0.5) is 0 Å². The predicted molar refractivity (Wildman–Crippen MR) is 106 cm³/mol. The third-order valence-electron chi connectivity index (χ3n) is 6.55. The van der Waals surface area contributed by atoms with Gasteiger partial charge in [0.2, 0.25) is 0 Å². The Bertz CT molecular complexity index is 617. The number of rotatable bonds is 4. The molecule has 0 radical (unpaired) electrons. The first-order chi connectivity index (χ1) is 11.5. The molecule has 0 nitrogen and oxygen atoms in total. The summed E-state index contributed by atoms with van der Waals surface area (Å²) in [6, 6.07) is 7.34. The van der Waals surface area contributed by atoms with E-state index >= 15 is 0 Å². The van der Waals surface area contributed by atoms with Gasteiger partial charge >= 0.3 is 0 Å². The molecule has 0 aromatic heterocycles. The molecule has 0 bridgehead atoms. The summed E-state index contributed by atoms with van der Waals surface area (Å²) in [6.07, 6.45) is 15.0. The van der Waals surface area contributed by atoms with Crippen molar-refractivity contribution in [3.05, 3.63) is 59.2 Å². The first-order valence-corrected chi connectivity index (χ1v) is 9.93. The lowest BCUT2D eigenvalue weighted by atomic mass is 9.72. The van der Waals surface area contributed by atoms with Crippen molar-refractivity contribution in [1.82, 2.24) is 0 Å². The van der Waals surface area contributed by atoms with Crippen LogP contribution in [0.25, 0.3) is 0 Å². The van der Waals surface area contributed by atoms with Crippen molar-refractivity contribution in [1.29, 1.82) is 0 Å². The minimum Gasteiger partial charge on any atom is -0.102 e. The highest BCUT2D eigenvalue weighted by molar-refractivity contribution is 5.39. The largest absolute Gasteiger partial charge is 0.102 e. The molecule has 0 heteroatoms. The van der Waals surface area contributed by atoms with Crippen LogP contribution in [-0.2, 0) is 18.3 Å². The van der Waals surface area contributed by atoms with Gasteiger partial charge in [-0.15, -0.1) is 6.58 Å². The molecule has 0 heterocycles. The molecule has 0 spiro atoms. The normalized spacial score (nSPS) is 27.7. The first-order valence-electron chi connectivity index (χ1n) is 9.93. The summed E-state index contributed by atoms with van der Waals surface area (Å²) >= 11 is 0. The number of aryl methyl sites for hydroxylation is 2. The fraction of sp³-hybridized carbons (Fsp3) is 0.583. The van der Waals surface area contributed by atoms with Gasteiger partial charge in [-0.2, -0.15) is 0 Å².